The van der Waals surface area contributed by atoms with Gasteiger partial charge < -0.3 is 10.1 Å². The standard InChI is InChI=1S/C22H33NO3/c1-13(20(25)26-4)15-6-7-16-14-5-8-18-22(3,12-10-19(24)23-18)17(14)9-11-21(15,16)2/h10,12-18H,5-9,11H2,1-4H3,(H,23,24)/t13-,14-,15+,16-,17-,18+,21+,22+/m0/s1. The SMILES string of the molecule is COC(=O)[C@@H](C)[C@H]1CC[C@H]2[C@@H]3CC[C@H]4NC(=O)C=C[C@]4(C)[C@H]3CC[C@]12C. The van der Waals surface area contributed by atoms with E-state index in [2.05, 4.69) is 32.2 Å². The minimum absolute atomic E-state index is 0.00709. The Bertz CT molecular complexity index is 643. The summed E-state index contributed by atoms with van der Waals surface area (Å²) in [5.41, 5.74) is 0.337. The molecule has 0 spiro atoms. The van der Waals surface area contributed by atoms with Crippen LogP contribution in [0.4, 0.5) is 0 Å². The maximum Gasteiger partial charge on any atom is 0.308 e. The molecule has 3 aliphatic carbocycles. The maximum absolute atomic E-state index is 12.2. The Morgan fingerprint density at radius 2 is 1.96 bits per heavy atom. The molecule has 0 aromatic rings. The monoisotopic (exact) mass is 359 g/mol. The Balaban J connectivity index is 1.61. The van der Waals surface area contributed by atoms with Gasteiger partial charge in [-0.25, -0.2) is 0 Å². The van der Waals surface area contributed by atoms with Gasteiger partial charge in [0.1, 0.15) is 0 Å². The summed E-state index contributed by atoms with van der Waals surface area (Å²) in [6.07, 6.45) is 11.0. The average Bonchev–Trinajstić information content (AvgIpc) is 2.98. The van der Waals surface area contributed by atoms with Gasteiger partial charge in [-0.15, -0.1) is 0 Å². The molecule has 0 bridgehead atoms. The van der Waals surface area contributed by atoms with Crippen LogP contribution in [0.3, 0.4) is 0 Å². The second kappa shape index (κ2) is 6.10. The van der Waals surface area contributed by atoms with E-state index in [9.17, 15) is 9.59 Å². The second-order valence-electron chi connectivity index (χ2n) is 9.75. The number of hydrogen-bond donors (Lipinski definition) is 1. The molecule has 0 radical (unpaired) electrons. The number of carbonyl (C=O) groups excluding carboxylic acids is 2. The molecular weight excluding hydrogens is 326 g/mol. The summed E-state index contributed by atoms with van der Waals surface area (Å²) in [5, 5.41) is 3.22. The second-order valence-corrected chi connectivity index (χ2v) is 9.75. The smallest absolute Gasteiger partial charge is 0.308 e. The molecule has 1 aliphatic heterocycles. The fourth-order valence-corrected chi connectivity index (χ4v) is 7.55. The van der Waals surface area contributed by atoms with Gasteiger partial charge in [-0.3, -0.25) is 9.59 Å². The molecule has 1 heterocycles. The fraction of sp³-hybridized carbons (Fsp3) is 0.818. The minimum Gasteiger partial charge on any atom is -0.469 e. The third-order valence-electron chi connectivity index (χ3n) is 8.94. The number of fused-ring (bicyclic) bond motifs is 5. The average molecular weight is 360 g/mol. The van der Waals surface area contributed by atoms with E-state index in [0.29, 0.717) is 23.7 Å². The molecule has 26 heavy (non-hydrogen) atoms. The van der Waals surface area contributed by atoms with Crippen molar-refractivity contribution >= 4 is 11.9 Å². The van der Waals surface area contributed by atoms with Crippen molar-refractivity contribution in [2.75, 3.05) is 7.11 Å². The van der Waals surface area contributed by atoms with Crippen molar-refractivity contribution in [3.8, 4) is 0 Å². The van der Waals surface area contributed by atoms with Crippen LogP contribution in [0.25, 0.3) is 0 Å². The van der Waals surface area contributed by atoms with Gasteiger partial charge in [-0.05, 0) is 73.7 Å². The van der Waals surface area contributed by atoms with Gasteiger partial charge in [0.2, 0.25) is 5.91 Å². The highest BCUT2D eigenvalue weighted by molar-refractivity contribution is 5.89. The summed E-state index contributed by atoms with van der Waals surface area (Å²) >= 11 is 0. The summed E-state index contributed by atoms with van der Waals surface area (Å²) < 4.78 is 5.06. The molecule has 3 fully saturated rings. The summed E-state index contributed by atoms with van der Waals surface area (Å²) in [4.78, 5) is 24.0. The first kappa shape index (κ1) is 18.1. The number of esters is 1. The quantitative estimate of drug-likeness (QED) is 0.765. The van der Waals surface area contributed by atoms with Crippen LogP contribution in [0.2, 0.25) is 0 Å². The topological polar surface area (TPSA) is 55.4 Å². The van der Waals surface area contributed by atoms with Gasteiger partial charge in [0, 0.05) is 11.5 Å². The van der Waals surface area contributed by atoms with E-state index in [1.165, 1.54) is 32.8 Å². The van der Waals surface area contributed by atoms with Crippen LogP contribution in [0, 0.1) is 40.4 Å². The molecule has 8 atom stereocenters. The van der Waals surface area contributed by atoms with Crippen LogP contribution in [0.15, 0.2) is 12.2 Å². The van der Waals surface area contributed by atoms with Crippen LogP contribution < -0.4 is 5.32 Å². The molecule has 144 valence electrons. The highest BCUT2D eigenvalue weighted by Gasteiger charge is 2.60. The lowest BCUT2D eigenvalue weighted by atomic mass is 9.47. The van der Waals surface area contributed by atoms with E-state index in [4.69, 9.17) is 4.74 Å². The number of rotatable bonds is 2. The molecule has 0 unspecified atom stereocenters. The molecule has 0 aromatic carbocycles. The zero-order valence-corrected chi connectivity index (χ0v) is 16.6. The number of carbonyl (C=O) groups is 2. The van der Waals surface area contributed by atoms with Crippen LogP contribution in [-0.2, 0) is 14.3 Å². The normalized spacial score (nSPS) is 48.0. The largest absolute Gasteiger partial charge is 0.469 e. The third-order valence-corrected chi connectivity index (χ3v) is 8.94. The van der Waals surface area contributed by atoms with Crippen molar-refractivity contribution in [2.24, 2.45) is 40.4 Å². The highest BCUT2D eigenvalue weighted by Crippen LogP contribution is 2.66. The molecule has 4 nitrogen and oxygen atoms in total. The van der Waals surface area contributed by atoms with Gasteiger partial charge in [0.25, 0.3) is 0 Å². The Kier molecular flexibility index (Phi) is 4.24. The molecule has 4 heteroatoms. The number of methoxy groups -OCH3 is 1. The van der Waals surface area contributed by atoms with Gasteiger partial charge >= 0.3 is 5.97 Å². The van der Waals surface area contributed by atoms with Crippen LogP contribution in [0.5, 0.6) is 0 Å². The lowest BCUT2D eigenvalue weighted by Crippen LogP contribution is -2.59. The fourth-order valence-electron chi connectivity index (χ4n) is 7.55. The lowest BCUT2D eigenvalue weighted by Gasteiger charge is -2.59. The van der Waals surface area contributed by atoms with E-state index in [1.807, 2.05) is 0 Å². The molecular formula is C22H33NO3. The summed E-state index contributed by atoms with van der Waals surface area (Å²) in [6.45, 7) is 6.86. The highest BCUT2D eigenvalue weighted by atomic mass is 16.5. The molecule has 4 aliphatic rings. The Labute approximate surface area is 157 Å². The lowest BCUT2D eigenvalue weighted by molar-refractivity contribution is -0.150. The Morgan fingerprint density at radius 3 is 2.69 bits per heavy atom. The maximum atomic E-state index is 12.2. The Hall–Kier alpha value is -1.32. The summed E-state index contributed by atoms with van der Waals surface area (Å²) in [6, 6.07) is 0.289. The summed E-state index contributed by atoms with van der Waals surface area (Å²) in [5.74, 6) is 2.50. The summed E-state index contributed by atoms with van der Waals surface area (Å²) in [7, 11) is 1.51. The number of amides is 1. The number of hydrogen-bond acceptors (Lipinski definition) is 3. The van der Waals surface area contributed by atoms with Crippen molar-refractivity contribution in [2.45, 2.75) is 65.3 Å². The van der Waals surface area contributed by atoms with Crippen molar-refractivity contribution in [3.63, 3.8) is 0 Å². The predicted octanol–water partition coefficient (Wildman–Crippen LogP) is 3.71. The number of ether oxygens (including phenoxy) is 1. The van der Waals surface area contributed by atoms with Gasteiger partial charge in [-0.1, -0.05) is 26.8 Å². The first-order chi connectivity index (χ1) is 12.3. The first-order valence-corrected chi connectivity index (χ1v) is 10.4. The third kappa shape index (κ3) is 2.40. The molecule has 0 saturated heterocycles. The van der Waals surface area contributed by atoms with E-state index in [1.54, 1.807) is 6.08 Å². The van der Waals surface area contributed by atoms with E-state index in [0.717, 1.165) is 12.8 Å². The van der Waals surface area contributed by atoms with E-state index >= 15 is 0 Å². The van der Waals surface area contributed by atoms with Crippen LogP contribution in [0.1, 0.15) is 59.3 Å². The molecule has 3 saturated carbocycles. The van der Waals surface area contributed by atoms with Gasteiger partial charge in [0.15, 0.2) is 0 Å². The predicted molar refractivity (Wildman–Crippen MR) is 100 cm³/mol. The van der Waals surface area contributed by atoms with Gasteiger partial charge in [0.05, 0.1) is 13.0 Å². The minimum atomic E-state index is -0.0485. The zero-order valence-electron chi connectivity index (χ0n) is 16.6. The molecule has 1 N–H and O–H groups in total. The van der Waals surface area contributed by atoms with Crippen molar-refractivity contribution in [3.05, 3.63) is 12.2 Å². The van der Waals surface area contributed by atoms with Crippen molar-refractivity contribution < 1.29 is 14.3 Å². The molecule has 1 amide bonds. The molecule has 4 rings (SSSR count). The zero-order chi connectivity index (χ0) is 18.7. The van der Waals surface area contributed by atoms with E-state index in [-0.39, 0.29) is 34.7 Å². The van der Waals surface area contributed by atoms with Crippen molar-refractivity contribution in [1.82, 2.24) is 5.32 Å². The Morgan fingerprint density at radius 1 is 1.19 bits per heavy atom. The number of nitrogens with one attached hydrogen (secondary N) is 1. The first-order valence-electron chi connectivity index (χ1n) is 10.4. The molecule has 0 aromatic heterocycles. The van der Waals surface area contributed by atoms with E-state index < -0.39 is 0 Å². The van der Waals surface area contributed by atoms with Crippen LogP contribution >= 0.6 is 0 Å². The van der Waals surface area contributed by atoms with Gasteiger partial charge in [-0.2, -0.15) is 0 Å². The van der Waals surface area contributed by atoms with Crippen molar-refractivity contribution in [1.29, 1.82) is 0 Å². The van der Waals surface area contributed by atoms with Crippen LogP contribution in [-0.4, -0.2) is 25.0 Å².